The van der Waals surface area contributed by atoms with Gasteiger partial charge in [0.05, 0.1) is 12.9 Å². The van der Waals surface area contributed by atoms with Gasteiger partial charge in [0.2, 0.25) is 10.0 Å². The van der Waals surface area contributed by atoms with E-state index in [2.05, 4.69) is 0 Å². The number of hydrogen-bond acceptors (Lipinski definition) is 4. The lowest BCUT2D eigenvalue weighted by Gasteiger charge is -2.36. The van der Waals surface area contributed by atoms with Crippen LogP contribution in [0.3, 0.4) is 0 Å². The molecule has 14 heavy (non-hydrogen) atoms. The van der Waals surface area contributed by atoms with E-state index in [0.29, 0.717) is 38.8 Å². The SMILES string of the molecule is CS(=O)(=O)N1CC(COCCCN)C1. The molecule has 0 spiro atoms. The summed E-state index contributed by atoms with van der Waals surface area (Å²) in [5, 5.41) is 0. The van der Waals surface area contributed by atoms with Gasteiger partial charge in [-0.25, -0.2) is 12.7 Å². The first kappa shape index (κ1) is 11.9. The summed E-state index contributed by atoms with van der Waals surface area (Å²) in [6.45, 7) is 3.15. The van der Waals surface area contributed by atoms with E-state index in [0.717, 1.165) is 6.42 Å². The quantitative estimate of drug-likeness (QED) is 0.600. The molecule has 6 heteroatoms. The van der Waals surface area contributed by atoms with Gasteiger partial charge < -0.3 is 10.5 Å². The molecule has 0 unspecified atom stereocenters. The van der Waals surface area contributed by atoms with Gasteiger partial charge in [-0.1, -0.05) is 0 Å². The van der Waals surface area contributed by atoms with E-state index in [1.54, 1.807) is 0 Å². The van der Waals surface area contributed by atoms with Crippen LogP contribution in [-0.2, 0) is 14.8 Å². The van der Waals surface area contributed by atoms with E-state index in [-0.39, 0.29) is 0 Å². The van der Waals surface area contributed by atoms with Crippen molar-refractivity contribution in [3.63, 3.8) is 0 Å². The largest absolute Gasteiger partial charge is 0.381 e. The molecule has 0 bridgehead atoms. The summed E-state index contributed by atoms with van der Waals surface area (Å²) >= 11 is 0. The second-order valence-electron chi connectivity index (χ2n) is 3.66. The molecule has 84 valence electrons. The average Bonchev–Trinajstić information content (AvgIpc) is 1.98. The number of ether oxygens (including phenoxy) is 1. The van der Waals surface area contributed by atoms with Gasteiger partial charge in [0, 0.05) is 25.6 Å². The summed E-state index contributed by atoms with van der Waals surface area (Å²) < 4.78 is 28.8. The van der Waals surface area contributed by atoms with Gasteiger partial charge in [0.15, 0.2) is 0 Å². The molecule has 0 atom stereocenters. The third-order valence-electron chi connectivity index (χ3n) is 2.24. The Morgan fingerprint density at radius 2 is 2.14 bits per heavy atom. The number of sulfonamides is 1. The Hall–Kier alpha value is -0.170. The molecule has 1 heterocycles. The molecular weight excluding hydrogens is 204 g/mol. The van der Waals surface area contributed by atoms with E-state index in [4.69, 9.17) is 10.5 Å². The summed E-state index contributed by atoms with van der Waals surface area (Å²) in [4.78, 5) is 0. The first-order chi connectivity index (χ1) is 6.54. The molecule has 1 aliphatic rings. The Morgan fingerprint density at radius 3 is 2.64 bits per heavy atom. The van der Waals surface area contributed by atoms with Crippen molar-refractivity contribution in [1.82, 2.24) is 4.31 Å². The Balaban J connectivity index is 2.05. The third-order valence-corrected chi connectivity index (χ3v) is 3.48. The summed E-state index contributed by atoms with van der Waals surface area (Å²) in [5.74, 6) is 0.363. The average molecular weight is 222 g/mol. The van der Waals surface area contributed by atoms with Crippen molar-refractivity contribution >= 4 is 10.0 Å². The number of hydrogen-bond donors (Lipinski definition) is 1. The minimum absolute atomic E-state index is 0.363. The Bertz CT molecular complexity index is 260. The normalized spacial score (nSPS) is 19.6. The maximum absolute atomic E-state index is 11.0. The summed E-state index contributed by atoms with van der Waals surface area (Å²) in [6, 6.07) is 0. The second-order valence-corrected chi connectivity index (χ2v) is 5.65. The topological polar surface area (TPSA) is 72.6 Å². The van der Waals surface area contributed by atoms with Crippen molar-refractivity contribution in [3.05, 3.63) is 0 Å². The molecule has 0 saturated carbocycles. The van der Waals surface area contributed by atoms with Gasteiger partial charge in [0.25, 0.3) is 0 Å². The Labute approximate surface area is 85.3 Å². The molecule has 1 fully saturated rings. The predicted molar refractivity (Wildman–Crippen MR) is 54.4 cm³/mol. The van der Waals surface area contributed by atoms with Crippen molar-refractivity contribution in [1.29, 1.82) is 0 Å². The van der Waals surface area contributed by atoms with E-state index in [1.807, 2.05) is 0 Å². The van der Waals surface area contributed by atoms with E-state index >= 15 is 0 Å². The molecule has 1 aliphatic heterocycles. The molecule has 0 amide bonds. The van der Waals surface area contributed by atoms with Crippen LogP contribution in [0.2, 0.25) is 0 Å². The van der Waals surface area contributed by atoms with Gasteiger partial charge >= 0.3 is 0 Å². The van der Waals surface area contributed by atoms with Crippen LogP contribution >= 0.6 is 0 Å². The lowest BCUT2D eigenvalue weighted by molar-refractivity contribution is 0.0506. The van der Waals surface area contributed by atoms with Crippen LogP contribution in [0.5, 0.6) is 0 Å². The minimum Gasteiger partial charge on any atom is -0.381 e. The minimum atomic E-state index is -2.98. The van der Waals surface area contributed by atoms with Crippen LogP contribution < -0.4 is 5.73 Å². The zero-order valence-electron chi connectivity index (χ0n) is 8.48. The van der Waals surface area contributed by atoms with Crippen LogP contribution in [0.25, 0.3) is 0 Å². The number of nitrogens with zero attached hydrogens (tertiary/aromatic N) is 1. The van der Waals surface area contributed by atoms with Gasteiger partial charge in [-0.3, -0.25) is 0 Å². The van der Waals surface area contributed by atoms with Gasteiger partial charge in [0.1, 0.15) is 0 Å². The molecular formula is C8H18N2O3S. The van der Waals surface area contributed by atoms with Crippen molar-refractivity contribution < 1.29 is 13.2 Å². The fourth-order valence-corrected chi connectivity index (χ4v) is 2.30. The molecule has 5 nitrogen and oxygen atoms in total. The lowest BCUT2D eigenvalue weighted by Crippen LogP contribution is -2.51. The molecule has 0 aromatic heterocycles. The highest BCUT2D eigenvalue weighted by molar-refractivity contribution is 7.88. The Kier molecular flexibility index (Phi) is 4.31. The molecule has 0 radical (unpaired) electrons. The van der Waals surface area contributed by atoms with Crippen LogP contribution in [0.15, 0.2) is 0 Å². The van der Waals surface area contributed by atoms with Crippen LogP contribution in [0, 0.1) is 5.92 Å². The molecule has 2 N–H and O–H groups in total. The highest BCUT2D eigenvalue weighted by Crippen LogP contribution is 2.18. The van der Waals surface area contributed by atoms with Crippen LogP contribution in [0.1, 0.15) is 6.42 Å². The molecule has 0 aliphatic carbocycles. The molecule has 0 aromatic rings. The number of rotatable bonds is 6. The van der Waals surface area contributed by atoms with E-state index in [1.165, 1.54) is 10.6 Å². The first-order valence-corrected chi connectivity index (χ1v) is 6.62. The molecule has 0 aromatic carbocycles. The summed E-state index contributed by atoms with van der Waals surface area (Å²) in [7, 11) is -2.98. The maximum atomic E-state index is 11.0. The standard InChI is InChI=1S/C8H18N2O3S/c1-14(11,12)10-5-8(6-10)7-13-4-2-3-9/h8H,2-7,9H2,1H3. The van der Waals surface area contributed by atoms with Crippen LogP contribution in [0.4, 0.5) is 0 Å². The highest BCUT2D eigenvalue weighted by Gasteiger charge is 2.32. The van der Waals surface area contributed by atoms with Crippen molar-refractivity contribution in [2.75, 3.05) is 39.1 Å². The molecule has 1 rings (SSSR count). The molecule has 1 saturated heterocycles. The van der Waals surface area contributed by atoms with Gasteiger partial charge in [-0.15, -0.1) is 0 Å². The van der Waals surface area contributed by atoms with E-state index < -0.39 is 10.0 Å². The predicted octanol–water partition coefficient (Wildman–Crippen LogP) is -0.757. The van der Waals surface area contributed by atoms with Gasteiger partial charge in [-0.05, 0) is 13.0 Å². The highest BCUT2D eigenvalue weighted by atomic mass is 32.2. The van der Waals surface area contributed by atoms with Crippen molar-refractivity contribution in [3.8, 4) is 0 Å². The first-order valence-electron chi connectivity index (χ1n) is 4.77. The second kappa shape index (κ2) is 5.06. The maximum Gasteiger partial charge on any atom is 0.211 e. The fraction of sp³-hybridized carbons (Fsp3) is 1.00. The monoisotopic (exact) mass is 222 g/mol. The number of nitrogens with two attached hydrogens (primary N) is 1. The Morgan fingerprint density at radius 1 is 1.50 bits per heavy atom. The third kappa shape index (κ3) is 3.53. The van der Waals surface area contributed by atoms with Crippen LogP contribution in [-0.4, -0.2) is 51.8 Å². The zero-order valence-corrected chi connectivity index (χ0v) is 9.29. The fourth-order valence-electron chi connectivity index (χ4n) is 1.33. The van der Waals surface area contributed by atoms with Crippen molar-refractivity contribution in [2.24, 2.45) is 11.7 Å². The van der Waals surface area contributed by atoms with Crippen molar-refractivity contribution in [2.45, 2.75) is 6.42 Å². The zero-order chi connectivity index (χ0) is 10.6. The summed E-state index contributed by atoms with van der Waals surface area (Å²) in [5.41, 5.74) is 5.30. The van der Waals surface area contributed by atoms with Gasteiger partial charge in [-0.2, -0.15) is 0 Å². The smallest absolute Gasteiger partial charge is 0.211 e. The summed E-state index contributed by atoms with van der Waals surface area (Å²) in [6.07, 6.45) is 2.10. The van der Waals surface area contributed by atoms with E-state index in [9.17, 15) is 8.42 Å². The lowest BCUT2D eigenvalue weighted by atomic mass is 10.1.